The lowest BCUT2D eigenvalue weighted by atomic mass is 9.96. The summed E-state index contributed by atoms with van der Waals surface area (Å²) in [4.78, 5) is 0. The molecule has 1 heteroatoms. The maximum Gasteiger partial charge on any atom is -0.0165 e. The normalized spacial score (nSPS) is 14.3. The third kappa shape index (κ3) is 12.5. The highest BCUT2D eigenvalue weighted by Crippen LogP contribution is 2.41. The second-order valence-corrected chi connectivity index (χ2v) is 10.3. The van der Waals surface area contributed by atoms with Crippen LogP contribution in [0.2, 0.25) is 0 Å². The van der Waals surface area contributed by atoms with Gasteiger partial charge in [0.2, 0.25) is 0 Å². The van der Waals surface area contributed by atoms with E-state index in [1.807, 2.05) is 16.2 Å². The minimum absolute atomic E-state index is 1.36. The summed E-state index contributed by atoms with van der Waals surface area (Å²) in [7, 11) is 1.65. The molecule has 0 aromatic carbocycles. The zero-order chi connectivity index (χ0) is 20.3. The van der Waals surface area contributed by atoms with Crippen LogP contribution in [0.4, 0.5) is 0 Å². The first-order valence-electron chi connectivity index (χ1n) is 13.1. The van der Waals surface area contributed by atoms with Crippen molar-refractivity contribution in [3.8, 4) is 0 Å². The predicted octanol–water partition coefficient (Wildman–Crippen LogP) is 10.6. The summed E-state index contributed by atoms with van der Waals surface area (Å²) in [6.45, 7) is 6.94. The fourth-order valence-corrected chi connectivity index (χ4v) is 5.80. The van der Waals surface area contributed by atoms with Gasteiger partial charge in [0.05, 0.1) is 0 Å². The van der Waals surface area contributed by atoms with E-state index in [9.17, 15) is 0 Å². The number of allylic oxidation sites excluding steroid dienone is 2. The minimum atomic E-state index is 1.36. The molecule has 0 atom stereocenters. The fraction of sp³-hybridized carbons (Fsp3) is 0.889. The van der Waals surface area contributed by atoms with Crippen LogP contribution >= 0.6 is 8.20 Å². The third-order valence-electron chi connectivity index (χ3n) is 6.28. The molecule has 1 rings (SSSR count). The van der Waals surface area contributed by atoms with E-state index in [0.717, 1.165) is 0 Å². The lowest BCUT2D eigenvalue weighted by molar-refractivity contribution is 0.601. The monoisotopic (exact) mass is 406 g/mol. The highest BCUT2D eigenvalue weighted by Gasteiger charge is 2.19. The average molecular weight is 407 g/mol. The van der Waals surface area contributed by atoms with Gasteiger partial charge < -0.3 is 0 Å². The van der Waals surface area contributed by atoms with Crippen molar-refractivity contribution in [1.82, 2.24) is 0 Å². The molecule has 0 aliphatic carbocycles. The van der Waals surface area contributed by atoms with E-state index >= 15 is 0 Å². The smallest absolute Gasteiger partial charge is 0.0165 e. The van der Waals surface area contributed by atoms with Crippen molar-refractivity contribution in [2.75, 3.05) is 0 Å². The molecule has 1 aliphatic heterocycles. The zero-order valence-corrected chi connectivity index (χ0v) is 20.7. The molecule has 0 aromatic heterocycles. The molecule has 0 N–H and O–H groups in total. The molecular weight excluding hydrogens is 355 g/mol. The van der Waals surface area contributed by atoms with Gasteiger partial charge in [-0.1, -0.05) is 125 Å². The molecule has 1 heterocycles. The first kappa shape index (κ1) is 25.9. The van der Waals surface area contributed by atoms with Crippen molar-refractivity contribution < 1.29 is 0 Å². The van der Waals surface area contributed by atoms with Crippen molar-refractivity contribution in [2.24, 2.45) is 0 Å². The van der Waals surface area contributed by atoms with Gasteiger partial charge in [-0.25, -0.2) is 0 Å². The number of rotatable bonds is 21. The fourth-order valence-electron chi connectivity index (χ4n) is 4.34. The lowest BCUT2D eigenvalue weighted by Crippen LogP contribution is -2.10. The largest absolute Gasteiger partial charge is 0.0688 e. The SMILES string of the molecule is CCCCCCCCC1=PC(CCCCCCCC)=C1CCCCCCCC. The van der Waals surface area contributed by atoms with Crippen LogP contribution in [0.15, 0.2) is 10.9 Å². The molecule has 28 heavy (non-hydrogen) atoms. The van der Waals surface area contributed by atoms with Gasteiger partial charge >= 0.3 is 0 Å². The molecule has 0 unspecified atom stereocenters. The number of unbranched alkanes of at least 4 members (excludes halogenated alkanes) is 15. The molecule has 0 fully saturated rings. The van der Waals surface area contributed by atoms with Crippen LogP contribution < -0.4 is 0 Å². The van der Waals surface area contributed by atoms with E-state index in [-0.39, 0.29) is 0 Å². The van der Waals surface area contributed by atoms with Gasteiger partial charge in [-0.15, -0.1) is 0 Å². The molecule has 0 nitrogen and oxygen atoms in total. The highest BCUT2D eigenvalue weighted by atomic mass is 31.1. The molecule has 1 aliphatic rings. The van der Waals surface area contributed by atoms with Gasteiger partial charge in [-0.3, -0.25) is 0 Å². The van der Waals surface area contributed by atoms with E-state index in [0.29, 0.717) is 0 Å². The molecule has 164 valence electrons. The molecule has 0 radical (unpaired) electrons. The van der Waals surface area contributed by atoms with Crippen LogP contribution in [0.1, 0.15) is 156 Å². The quantitative estimate of drug-likeness (QED) is 0.131. The topological polar surface area (TPSA) is 0 Å². The molecular formula is C27H51P. The van der Waals surface area contributed by atoms with Crippen LogP contribution in [0.25, 0.3) is 0 Å². The predicted molar refractivity (Wildman–Crippen MR) is 133 cm³/mol. The Hall–Kier alpha value is -0.0900. The Morgan fingerprint density at radius 2 is 0.821 bits per heavy atom. The number of hydrogen-bond acceptors (Lipinski definition) is 0. The van der Waals surface area contributed by atoms with Crippen LogP contribution in [0, 0.1) is 0 Å². The number of hydrogen-bond donors (Lipinski definition) is 0. The Bertz CT molecular complexity index is 418. The molecule has 0 saturated carbocycles. The molecule has 0 aromatic rings. The van der Waals surface area contributed by atoms with E-state index in [4.69, 9.17) is 0 Å². The van der Waals surface area contributed by atoms with Gasteiger partial charge in [0.15, 0.2) is 0 Å². The zero-order valence-electron chi connectivity index (χ0n) is 19.8. The Morgan fingerprint density at radius 1 is 0.429 bits per heavy atom. The maximum absolute atomic E-state index is 2.32. The van der Waals surface area contributed by atoms with E-state index < -0.39 is 0 Å². The Kier molecular flexibility index (Phi) is 17.5. The van der Waals surface area contributed by atoms with Gasteiger partial charge in [-0.05, 0) is 54.7 Å². The summed E-state index contributed by atoms with van der Waals surface area (Å²) in [5.41, 5.74) is 1.85. The van der Waals surface area contributed by atoms with Crippen LogP contribution in [-0.4, -0.2) is 5.29 Å². The summed E-state index contributed by atoms with van der Waals surface area (Å²) in [5.74, 6) is 0. The van der Waals surface area contributed by atoms with Crippen molar-refractivity contribution in [1.29, 1.82) is 0 Å². The molecule has 0 amide bonds. The summed E-state index contributed by atoms with van der Waals surface area (Å²) < 4.78 is 0. The van der Waals surface area contributed by atoms with Gasteiger partial charge in [0, 0.05) is 0 Å². The minimum Gasteiger partial charge on any atom is -0.0688 e. The third-order valence-corrected chi connectivity index (χ3v) is 7.81. The van der Waals surface area contributed by atoms with Crippen LogP contribution in [0.3, 0.4) is 0 Å². The highest BCUT2D eigenvalue weighted by molar-refractivity contribution is 7.49. The van der Waals surface area contributed by atoms with Crippen LogP contribution in [0.5, 0.6) is 0 Å². The standard InChI is InChI=1S/C27H51P/c1-4-7-10-13-16-19-22-25-26(23-20-17-14-11-8-5-2)28-27(25)24-21-18-15-12-9-6-3/h4-24H2,1-3H3. The van der Waals surface area contributed by atoms with Crippen molar-refractivity contribution in [3.63, 3.8) is 0 Å². The Balaban J connectivity index is 2.28. The van der Waals surface area contributed by atoms with Crippen LogP contribution in [-0.2, 0) is 0 Å². The molecule has 0 bridgehead atoms. The second kappa shape index (κ2) is 18.9. The van der Waals surface area contributed by atoms with Gasteiger partial charge in [0.1, 0.15) is 0 Å². The second-order valence-electron chi connectivity index (χ2n) is 9.04. The summed E-state index contributed by atoms with van der Waals surface area (Å²) in [6.07, 6.45) is 30.0. The van der Waals surface area contributed by atoms with E-state index in [2.05, 4.69) is 20.8 Å². The first-order valence-corrected chi connectivity index (χ1v) is 14.0. The average Bonchev–Trinajstić information content (AvgIpc) is 2.69. The summed E-state index contributed by atoms with van der Waals surface area (Å²) in [5, 5.41) is 3.68. The maximum atomic E-state index is 2.32. The first-order chi connectivity index (χ1) is 13.8. The lowest BCUT2D eigenvalue weighted by Gasteiger charge is -2.24. The Morgan fingerprint density at radius 3 is 1.32 bits per heavy atom. The molecule has 0 spiro atoms. The van der Waals surface area contributed by atoms with Crippen molar-refractivity contribution in [2.45, 2.75) is 156 Å². The summed E-state index contributed by atoms with van der Waals surface area (Å²) >= 11 is 0. The van der Waals surface area contributed by atoms with Gasteiger partial charge in [-0.2, -0.15) is 0 Å². The van der Waals surface area contributed by atoms with Crippen molar-refractivity contribution in [3.05, 3.63) is 10.9 Å². The van der Waals surface area contributed by atoms with E-state index in [1.54, 1.807) is 8.20 Å². The Labute approximate surface area is 180 Å². The molecule has 0 saturated heterocycles. The summed E-state index contributed by atoms with van der Waals surface area (Å²) in [6, 6.07) is 0. The van der Waals surface area contributed by atoms with Crippen molar-refractivity contribution >= 4 is 13.5 Å². The van der Waals surface area contributed by atoms with E-state index in [1.165, 1.54) is 135 Å². The van der Waals surface area contributed by atoms with Gasteiger partial charge in [0.25, 0.3) is 0 Å².